The summed E-state index contributed by atoms with van der Waals surface area (Å²) in [7, 11) is 0. The molecule has 4 rings (SSSR count). The van der Waals surface area contributed by atoms with Crippen molar-refractivity contribution >= 4 is 0 Å². The molecule has 0 saturated heterocycles. The molecule has 3 heteroatoms. The summed E-state index contributed by atoms with van der Waals surface area (Å²) >= 11 is 0. The van der Waals surface area contributed by atoms with E-state index in [2.05, 4.69) is 95.0 Å². The van der Waals surface area contributed by atoms with E-state index in [4.69, 9.17) is 9.72 Å². The standard InChI is InChI=1S/C30H38N2O/c1-7-23-13-11-14-24(8-2)30(23)28-18-29(33-20(3)4)27(21(5)31-28)19-32-17-16-25-12-9-10-15-26(25)22(32)6/h9-15,18,20,22H,7-8,16-17,19H2,1-6H3. The van der Waals surface area contributed by atoms with E-state index in [9.17, 15) is 0 Å². The number of benzene rings is 2. The van der Waals surface area contributed by atoms with Crippen LogP contribution in [0.1, 0.15) is 74.2 Å². The molecule has 1 unspecified atom stereocenters. The van der Waals surface area contributed by atoms with Crippen LogP contribution in [0.25, 0.3) is 11.3 Å². The number of aryl methyl sites for hydroxylation is 3. The molecule has 1 aliphatic rings. The van der Waals surface area contributed by atoms with Crippen LogP contribution in [0.4, 0.5) is 0 Å². The average molecular weight is 443 g/mol. The van der Waals surface area contributed by atoms with Crippen LogP contribution in [0.2, 0.25) is 0 Å². The second-order valence-corrected chi connectivity index (χ2v) is 9.49. The van der Waals surface area contributed by atoms with E-state index >= 15 is 0 Å². The van der Waals surface area contributed by atoms with E-state index in [0.717, 1.165) is 49.5 Å². The monoisotopic (exact) mass is 442 g/mol. The number of fused-ring (bicyclic) bond motifs is 1. The van der Waals surface area contributed by atoms with Gasteiger partial charge in [0.2, 0.25) is 0 Å². The van der Waals surface area contributed by atoms with Crippen molar-refractivity contribution in [3.8, 4) is 17.0 Å². The Labute approximate surface area is 199 Å². The predicted octanol–water partition coefficient (Wildman–Crippen LogP) is 7.09. The van der Waals surface area contributed by atoms with Gasteiger partial charge in [-0.15, -0.1) is 0 Å². The zero-order valence-electron chi connectivity index (χ0n) is 21.1. The molecule has 2 aromatic carbocycles. The normalized spacial score (nSPS) is 16.2. The predicted molar refractivity (Wildman–Crippen MR) is 138 cm³/mol. The summed E-state index contributed by atoms with van der Waals surface area (Å²) < 4.78 is 6.41. The quantitative estimate of drug-likeness (QED) is 0.391. The molecule has 0 bridgehead atoms. The third kappa shape index (κ3) is 4.84. The summed E-state index contributed by atoms with van der Waals surface area (Å²) in [5.74, 6) is 0.978. The van der Waals surface area contributed by atoms with Gasteiger partial charge in [-0.1, -0.05) is 56.3 Å². The first-order valence-corrected chi connectivity index (χ1v) is 12.5. The van der Waals surface area contributed by atoms with Gasteiger partial charge in [0, 0.05) is 42.0 Å². The number of hydrogen-bond donors (Lipinski definition) is 0. The Morgan fingerprint density at radius 3 is 2.39 bits per heavy atom. The molecule has 174 valence electrons. The summed E-state index contributed by atoms with van der Waals surface area (Å²) in [5, 5.41) is 0. The van der Waals surface area contributed by atoms with Crippen molar-refractivity contribution in [1.29, 1.82) is 0 Å². The Bertz CT molecular complexity index is 1100. The van der Waals surface area contributed by atoms with Crippen LogP contribution in [-0.4, -0.2) is 22.5 Å². The highest BCUT2D eigenvalue weighted by molar-refractivity contribution is 5.70. The Morgan fingerprint density at radius 1 is 1.03 bits per heavy atom. The molecule has 0 aliphatic carbocycles. The first-order chi connectivity index (χ1) is 15.9. The van der Waals surface area contributed by atoms with E-state index in [0.29, 0.717) is 6.04 Å². The second kappa shape index (κ2) is 10.1. The first-order valence-electron chi connectivity index (χ1n) is 12.5. The summed E-state index contributed by atoms with van der Waals surface area (Å²) in [6.45, 7) is 15.0. The van der Waals surface area contributed by atoms with Crippen molar-refractivity contribution < 1.29 is 4.74 Å². The lowest BCUT2D eigenvalue weighted by atomic mass is 9.92. The third-order valence-electron chi connectivity index (χ3n) is 6.99. The number of rotatable bonds is 7. The fourth-order valence-electron chi connectivity index (χ4n) is 5.16. The van der Waals surface area contributed by atoms with Crippen molar-refractivity contribution in [2.75, 3.05) is 6.54 Å². The highest BCUT2D eigenvalue weighted by atomic mass is 16.5. The number of hydrogen-bond acceptors (Lipinski definition) is 3. The largest absolute Gasteiger partial charge is 0.491 e. The first kappa shape index (κ1) is 23.5. The van der Waals surface area contributed by atoms with Crippen molar-refractivity contribution in [3.05, 3.63) is 82.0 Å². The van der Waals surface area contributed by atoms with E-state index in [1.807, 2.05) is 0 Å². The zero-order valence-corrected chi connectivity index (χ0v) is 21.1. The Hall–Kier alpha value is -2.65. The van der Waals surface area contributed by atoms with E-state index in [1.165, 1.54) is 33.4 Å². The Balaban J connectivity index is 1.75. The smallest absolute Gasteiger partial charge is 0.128 e. The Morgan fingerprint density at radius 2 is 1.73 bits per heavy atom. The molecule has 3 aromatic rings. The lowest BCUT2D eigenvalue weighted by Gasteiger charge is -2.36. The summed E-state index contributed by atoms with van der Waals surface area (Å²) in [5.41, 5.74) is 10.2. The maximum Gasteiger partial charge on any atom is 0.128 e. The molecule has 1 atom stereocenters. The molecule has 1 aromatic heterocycles. The maximum absolute atomic E-state index is 6.41. The van der Waals surface area contributed by atoms with Crippen molar-refractivity contribution in [3.63, 3.8) is 0 Å². The zero-order chi connectivity index (χ0) is 23.5. The summed E-state index contributed by atoms with van der Waals surface area (Å²) in [6.07, 6.45) is 3.20. The lowest BCUT2D eigenvalue weighted by molar-refractivity contribution is 0.181. The molecule has 0 N–H and O–H groups in total. The van der Waals surface area contributed by atoms with Crippen LogP contribution in [0.5, 0.6) is 5.75 Å². The highest BCUT2D eigenvalue weighted by Crippen LogP contribution is 2.36. The van der Waals surface area contributed by atoms with E-state index in [-0.39, 0.29) is 6.10 Å². The molecule has 3 nitrogen and oxygen atoms in total. The SMILES string of the molecule is CCc1cccc(CC)c1-c1cc(OC(C)C)c(CN2CCc3ccccc3C2C)c(C)n1. The minimum absolute atomic E-state index is 0.116. The van der Waals surface area contributed by atoms with Crippen molar-refractivity contribution in [2.24, 2.45) is 0 Å². The topological polar surface area (TPSA) is 25.4 Å². The molecule has 0 spiro atoms. The average Bonchev–Trinajstić information content (AvgIpc) is 2.81. The van der Waals surface area contributed by atoms with Crippen LogP contribution >= 0.6 is 0 Å². The molecule has 1 aliphatic heterocycles. The number of pyridine rings is 1. The van der Waals surface area contributed by atoms with Gasteiger partial charge in [0.15, 0.2) is 0 Å². The van der Waals surface area contributed by atoms with Crippen LogP contribution in [0.15, 0.2) is 48.5 Å². The van der Waals surface area contributed by atoms with Crippen LogP contribution < -0.4 is 4.74 Å². The summed E-state index contributed by atoms with van der Waals surface area (Å²) in [4.78, 5) is 7.72. The van der Waals surface area contributed by atoms with Gasteiger partial charge in [0.1, 0.15) is 5.75 Å². The van der Waals surface area contributed by atoms with Crippen LogP contribution in [-0.2, 0) is 25.8 Å². The number of aromatic nitrogens is 1. The molecular formula is C30H38N2O. The minimum atomic E-state index is 0.116. The lowest BCUT2D eigenvalue weighted by Crippen LogP contribution is -2.34. The van der Waals surface area contributed by atoms with Gasteiger partial charge in [-0.2, -0.15) is 0 Å². The fourth-order valence-corrected chi connectivity index (χ4v) is 5.16. The molecule has 0 amide bonds. The van der Waals surface area contributed by atoms with Gasteiger partial charge in [0.05, 0.1) is 11.8 Å². The highest BCUT2D eigenvalue weighted by Gasteiger charge is 2.26. The van der Waals surface area contributed by atoms with Crippen molar-refractivity contribution in [2.45, 2.75) is 79.5 Å². The minimum Gasteiger partial charge on any atom is -0.491 e. The third-order valence-corrected chi connectivity index (χ3v) is 6.99. The van der Waals surface area contributed by atoms with Gasteiger partial charge in [0.25, 0.3) is 0 Å². The van der Waals surface area contributed by atoms with Gasteiger partial charge in [-0.3, -0.25) is 9.88 Å². The number of nitrogens with zero attached hydrogens (tertiary/aromatic N) is 2. The van der Waals surface area contributed by atoms with Crippen LogP contribution in [0.3, 0.4) is 0 Å². The second-order valence-electron chi connectivity index (χ2n) is 9.49. The van der Waals surface area contributed by atoms with Crippen LogP contribution in [0, 0.1) is 6.92 Å². The van der Waals surface area contributed by atoms with Gasteiger partial charge in [-0.05, 0) is 69.2 Å². The molecule has 0 fully saturated rings. The molecule has 33 heavy (non-hydrogen) atoms. The molecule has 2 heterocycles. The van der Waals surface area contributed by atoms with Gasteiger partial charge < -0.3 is 4.74 Å². The Kier molecular flexibility index (Phi) is 7.19. The number of ether oxygens (including phenoxy) is 1. The van der Waals surface area contributed by atoms with Crippen molar-refractivity contribution in [1.82, 2.24) is 9.88 Å². The molecule has 0 radical (unpaired) electrons. The van der Waals surface area contributed by atoms with Gasteiger partial charge in [-0.25, -0.2) is 0 Å². The van der Waals surface area contributed by atoms with E-state index in [1.54, 1.807) is 0 Å². The fraction of sp³-hybridized carbons (Fsp3) is 0.433. The summed E-state index contributed by atoms with van der Waals surface area (Å²) in [6, 6.07) is 18.1. The molecule has 0 saturated carbocycles. The maximum atomic E-state index is 6.41. The van der Waals surface area contributed by atoms with E-state index < -0.39 is 0 Å². The van der Waals surface area contributed by atoms with Gasteiger partial charge >= 0.3 is 0 Å². The molecular weight excluding hydrogens is 404 g/mol.